The second-order valence-corrected chi connectivity index (χ2v) is 7.83. The molecular formula is C17H19N5O2S. The van der Waals surface area contributed by atoms with E-state index in [2.05, 4.69) is 20.0 Å². The molecule has 2 N–H and O–H groups in total. The Kier molecular flexibility index (Phi) is 4.04. The van der Waals surface area contributed by atoms with Crippen LogP contribution in [0.15, 0.2) is 53.8 Å². The topological polar surface area (TPSA) is 92.7 Å². The molecule has 0 radical (unpaired) electrons. The predicted octanol–water partition coefficient (Wildman–Crippen LogP) is 2.53. The first kappa shape index (κ1) is 15.9. The number of aromatic nitrogens is 4. The molecule has 4 rings (SSSR count). The maximum absolute atomic E-state index is 12.8. The Labute approximate surface area is 146 Å². The van der Waals surface area contributed by atoms with E-state index in [1.165, 1.54) is 23.1 Å². The largest absolute Gasteiger partial charge is 0.280 e. The molecule has 3 aromatic rings. The average Bonchev–Trinajstić information content (AvgIpc) is 3.15. The summed E-state index contributed by atoms with van der Waals surface area (Å²) in [6, 6.07) is 11.4. The van der Waals surface area contributed by atoms with E-state index in [-0.39, 0.29) is 5.03 Å². The number of benzene rings is 1. The molecule has 0 saturated heterocycles. The zero-order valence-corrected chi connectivity index (χ0v) is 14.4. The van der Waals surface area contributed by atoms with Crippen LogP contribution in [-0.2, 0) is 23.0 Å². The van der Waals surface area contributed by atoms with Gasteiger partial charge in [-0.25, -0.2) is 0 Å². The molecule has 25 heavy (non-hydrogen) atoms. The summed E-state index contributed by atoms with van der Waals surface area (Å²) in [5, 5.41) is 11.2. The molecular weight excluding hydrogens is 338 g/mol. The van der Waals surface area contributed by atoms with Crippen molar-refractivity contribution in [2.75, 3.05) is 4.72 Å². The van der Waals surface area contributed by atoms with Crippen molar-refractivity contribution in [1.29, 1.82) is 0 Å². The summed E-state index contributed by atoms with van der Waals surface area (Å²) in [7, 11) is -3.71. The number of hydrogen-bond donors (Lipinski definition) is 2. The van der Waals surface area contributed by atoms with Crippen LogP contribution < -0.4 is 4.72 Å². The molecule has 130 valence electrons. The highest BCUT2D eigenvalue weighted by atomic mass is 32.2. The third-order valence-corrected chi connectivity index (χ3v) is 5.69. The van der Waals surface area contributed by atoms with Crippen molar-refractivity contribution in [3.63, 3.8) is 0 Å². The van der Waals surface area contributed by atoms with E-state index in [4.69, 9.17) is 0 Å². The Morgan fingerprint density at radius 2 is 2.00 bits per heavy atom. The van der Waals surface area contributed by atoms with Crippen LogP contribution in [0.5, 0.6) is 0 Å². The van der Waals surface area contributed by atoms with Crippen LogP contribution in [0.4, 0.5) is 5.69 Å². The monoisotopic (exact) mass is 357 g/mol. The Hall–Kier alpha value is -2.61. The van der Waals surface area contributed by atoms with Gasteiger partial charge in [0.2, 0.25) is 0 Å². The van der Waals surface area contributed by atoms with E-state index in [1.54, 1.807) is 0 Å². The molecule has 1 aliphatic rings. The molecule has 2 aromatic heterocycles. The van der Waals surface area contributed by atoms with Crippen molar-refractivity contribution in [1.82, 2.24) is 20.0 Å². The lowest BCUT2D eigenvalue weighted by Gasteiger charge is -2.10. The van der Waals surface area contributed by atoms with E-state index < -0.39 is 10.0 Å². The summed E-state index contributed by atoms with van der Waals surface area (Å²) >= 11 is 0. The first-order chi connectivity index (χ1) is 12.1. The molecule has 1 aliphatic carbocycles. The second kappa shape index (κ2) is 6.36. The third kappa shape index (κ3) is 3.43. The van der Waals surface area contributed by atoms with Gasteiger partial charge >= 0.3 is 0 Å². The van der Waals surface area contributed by atoms with Crippen molar-refractivity contribution >= 4 is 15.7 Å². The Balaban J connectivity index is 1.52. The number of nitrogens with one attached hydrogen (secondary N) is 2. The van der Waals surface area contributed by atoms with E-state index in [0.717, 1.165) is 24.1 Å². The van der Waals surface area contributed by atoms with Gasteiger partial charge in [-0.1, -0.05) is 30.3 Å². The molecule has 8 heteroatoms. The van der Waals surface area contributed by atoms with E-state index >= 15 is 0 Å². The van der Waals surface area contributed by atoms with Gasteiger partial charge in [-0.3, -0.25) is 14.5 Å². The molecule has 2 heterocycles. The summed E-state index contributed by atoms with van der Waals surface area (Å²) in [5.41, 5.74) is 2.53. The minimum atomic E-state index is -3.71. The smallest absolute Gasteiger partial charge is 0.279 e. The number of rotatable bonds is 7. The lowest BCUT2D eigenvalue weighted by Crippen LogP contribution is -2.19. The first-order valence-corrected chi connectivity index (χ1v) is 9.73. The van der Waals surface area contributed by atoms with Gasteiger partial charge in [-0.05, 0) is 30.9 Å². The molecule has 0 aliphatic heterocycles. The lowest BCUT2D eigenvalue weighted by atomic mass is 10.1. The number of aromatic amines is 1. The summed E-state index contributed by atoms with van der Waals surface area (Å²) in [6.45, 7) is 0.494. The second-order valence-electron chi connectivity index (χ2n) is 6.21. The summed E-state index contributed by atoms with van der Waals surface area (Å²) in [5.74, 6) is 0.378. The van der Waals surface area contributed by atoms with Crippen LogP contribution in [0.3, 0.4) is 0 Å². The minimum absolute atomic E-state index is 0.159. The molecule has 0 atom stereocenters. The SMILES string of the molecule is O=S(=O)(Nc1cn[nH]c1C1CC1)c1ccnn1CCc1ccccc1. The maximum atomic E-state index is 12.8. The van der Waals surface area contributed by atoms with Crippen molar-refractivity contribution in [2.24, 2.45) is 0 Å². The van der Waals surface area contributed by atoms with Gasteiger partial charge in [0.1, 0.15) is 0 Å². The predicted molar refractivity (Wildman–Crippen MR) is 93.7 cm³/mol. The molecule has 0 spiro atoms. The number of H-pyrrole nitrogens is 1. The molecule has 0 bridgehead atoms. The van der Waals surface area contributed by atoms with Gasteiger partial charge in [0.15, 0.2) is 5.03 Å². The third-order valence-electron chi connectivity index (χ3n) is 4.31. The van der Waals surface area contributed by atoms with Crippen LogP contribution in [0, 0.1) is 0 Å². The van der Waals surface area contributed by atoms with Crippen molar-refractivity contribution in [2.45, 2.75) is 36.8 Å². The fourth-order valence-electron chi connectivity index (χ4n) is 2.85. The zero-order valence-electron chi connectivity index (χ0n) is 13.6. The summed E-state index contributed by atoms with van der Waals surface area (Å²) in [4.78, 5) is 0. The van der Waals surface area contributed by atoms with E-state index in [0.29, 0.717) is 24.6 Å². The molecule has 0 unspecified atom stereocenters. The fraction of sp³-hybridized carbons (Fsp3) is 0.294. The zero-order chi connectivity index (χ0) is 17.3. The highest BCUT2D eigenvalue weighted by Crippen LogP contribution is 2.42. The first-order valence-electron chi connectivity index (χ1n) is 8.25. The number of aryl methyl sites for hydroxylation is 2. The quantitative estimate of drug-likeness (QED) is 0.679. The Morgan fingerprint density at radius 1 is 1.20 bits per heavy atom. The van der Waals surface area contributed by atoms with Crippen molar-refractivity contribution in [3.8, 4) is 0 Å². The Bertz CT molecular complexity index is 958. The van der Waals surface area contributed by atoms with Crippen LogP contribution in [-0.4, -0.2) is 28.4 Å². The standard InChI is InChI=1S/C17H19N5O2S/c23-25(24,21-15-12-18-20-17(15)14-6-7-14)16-8-10-19-22(16)11-9-13-4-2-1-3-5-13/h1-5,8,10,12,14,21H,6-7,9,11H2,(H,18,20). The molecule has 1 aromatic carbocycles. The number of hydrogen-bond acceptors (Lipinski definition) is 4. The lowest BCUT2D eigenvalue weighted by molar-refractivity contribution is 0.539. The summed E-state index contributed by atoms with van der Waals surface area (Å²) in [6.07, 6.45) is 5.87. The van der Waals surface area contributed by atoms with Crippen molar-refractivity contribution < 1.29 is 8.42 Å². The van der Waals surface area contributed by atoms with Crippen LogP contribution in [0.25, 0.3) is 0 Å². The molecule has 7 nitrogen and oxygen atoms in total. The number of nitrogens with zero attached hydrogens (tertiary/aromatic N) is 3. The van der Waals surface area contributed by atoms with E-state index in [9.17, 15) is 8.42 Å². The van der Waals surface area contributed by atoms with Crippen molar-refractivity contribution in [3.05, 3.63) is 60.0 Å². The average molecular weight is 357 g/mol. The summed E-state index contributed by atoms with van der Waals surface area (Å²) < 4.78 is 29.7. The highest BCUT2D eigenvalue weighted by Gasteiger charge is 2.30. The van der Waals surface area contributed by atoms with Crippen LogP contribution in [0.1, 0.15) is 30.0 Å². The van der Waals surface area contributed by atoms with Gasteiger partial charge in [0, 0.05) is 12.5 Å². The van der Waals surface area contributed by atoms with Gasteiger partial charge in [-0.2, -0.15) is 18.6 Å². The Morgan fingerprint density at radius 3 is 2.76 bits per heavy atom. The van der Waals surface area contributed by atoms with Crippen LogP contribution in [0.2, 0.25) is 0 Å². The van der Waals surface area contributed by atoms with Gasteiger partial charge in [0.05, 0.1) is 23.8 Å². The maximum Gasteiger partial charge on any atom is 0.279 e. The highest BCUT2D eigenvalue weighted by molar-refractivity contribution is 7.92. The van der Waals surface area contributed by atoms with Crippen LogP contribution >= 0.6 is 0 Å². The number of anilines is 1. The fourth-order valence-corrected chi connectivity index (χ4v) is 4.07. The minimum Gasteiger partial charge on any atom is -0.280 e. The van der Waals surface area contributed by atoms with Gasteiger partial charge < -0.3 is 0 Å². The van der Waals surface area contributed by atoms with E-state index in [1.807, 2.05) is 30.3 Å². The molecule has 0 amide bonds. The normalized spacial score (nSPS) is 14.6. The van der Waals surface area contributed by atoms with Gasteiger partial charge in [0.25, 0.3) is 10.0 Å². The molecule has 1 fully saturated rings. The van der Waals surface area contributed by atoms with Gasteiger partial charge in [-0.15, -0.1) is 0 Å². The number of sulfonamides is 1. The molecule has 1 saturated carbocycles.